The lowest BCUT2D eigenvalue weighted by Gasteiger charge is -2.29. The lowest BCUT2D eigenvalue weighted by molar-refractivity contribution is 0.660. The van der Waals surface area contributed by atoms with Crippen LogP contribution in [0.2, 0.25) is 0 Å². The smallest absolute Gasteiger partial charge is 0.0540 e. The van der Waals surface area contributed by atoms with Gasteiger partial charge in [-0.05, 0) is 125 Å². The third-order valence-corrected chi connectivity index (χ3v) is 13.2. The molecule has 0 fully saturated rings. The first kappa shape index (κ1) is 35.2. The first-order chi connectivity index (χ1) is 29.0. The van der Waals surface area contributed by atoms with Crippen molar-refractivity contribution in [3.63, 3.8) is 0 Å². The van der Waals surface area contributed by atoms with Crippen LogP contribution >= 0.6 is 0 Å². The Morgan fingerprint density at radius 1 is 0.458 bits per heavy atom. The minimum atomic E-state index is -0.0420. The first-order valence-electron chi connectivity index (χ1n) is 21.0. The van der Waals surface area contributed by atoms with Crippen LogP contribution in [0.15, 0.2) is 200 Å². The fraction of sp³-hybridized carbons (Fsp3) is 0.103. The van der Waals surface area contributed by atoms with Gasteiger partial charge in [-0.25, -0.2) is 0 Å². The second kappa shape index (κ2) is 13.9. The lowest BCUT2D eigenvalue weighted by atomic mass is 9.82. The van der Waals surface area contributed by atoms with Crippen LogP contribution in [0.3, 0.4) is 0 Å². The first-order valence-corrected chi connectivity index (χ1v) is 21.0. The van der Waals surface area contributed by atoms with E-state index in [1.165, 1.54) is 88.0 Å². The number of hydrogen-bond acceptors (Lipinski definition) is 1. The van der Waals surface area contributed by atoms with Gasteiger partial charge in [0.25, 0.3) is 0 Å². The molecular formula is C58H45N. The molecule has 59 heavy (non-hydrogen) atoms. The Balaban J connectivity index is 1.06. The van der Waals surface area contributed by atoms with Gasteiger partial charge in [0.2, 0.25) is 0 Å². The van der Waals surface area contributed by atoms with Crippen LogP contribution in [0, 0.1) is 5.92 Å². The van der Waals surface area contributed by atoms with E-state index in [2.05, 4.69) is 226 Å². The summed E-state index contributed by atoms with van der Waals surface area (Å²) >= 11 is 0. The molecular weight excluding hydrogens is 711 g/mol. The van der Waals surface area contributed by atoms with Crippen molar-refractivity contribution in [3.8, 4) is 33.4 Å². The zero-order valence-corrected chi connectivity index (χ0v) is 33.8. The summed E-state index contributed by atoms with van der Waals surface area (Å²) in [5, 5.41) is 7.63. The van der Waals surface area contributed by atoms with Gasteiger partial charge in [0.1, 0.15) is 0 Å². The summed E-state index contributed by atoms with van der Waals surface area (Å²) in [7, 11) is 0. The van der Waals surface area contributed by atoms with Crippen molar-refractivity contribution in [2.45, 2.75) is 32.6 Å². The molecule has 9 aromatic carbocycles. The largest absolute Gasteiger partial charge is 0.310 e. The summed E-state index contributed by atoms with van der Waals surface area (Å²) in [5.41, 5.74) is 16.5. The van der Waals surface area contributed by atoms with Crippen LogP contribution in [0.5, 0.6) is 0 Å². The Labute approximate surface area is 347 Å². The van der Waals surface area contributed by atoms with E-state index in [9.17, 15) is 0 Å². The maximum absolute atomic E-state index is 2.45. The van der Waals surface area contributed by atoms with Gasteiger partial charge in [0, 0.05) is 22.2 Å². The topological polar surface area (TPSA) is 3.24 Å². The van der Waals surface area contributed by atoms with Gasteiger partial charge >= 0.3 is 0 Å². The van der Waals surface area contributed by atoms with Gasteiger partial charge in [-0.3, -0.25) is 0 Å². The third kappa shape index (κ3) is 5.68. The van der Waals surface area contributed by atoms with E-state index >= 15 is 0 Å². The molecule has 0 bridgehead atoms. The SMILES string of the molecule is CC1CC=CC=C1c1ccc(N(c2ccc(-c3cccc4c3-c3ccccc3C4(C)C)cc2)c2ccc(-c3cccc4c3ccc3ccccc34)cc2)c2ccccc12. The van der Waals surface area contributed by atoms with Crippen LogP contribution in [0.1, 0.15) is 43.9 Å². The molecule has 0 aliphatic heterocycles. The average Bonchev–Trinajstić information content (AvgIpc) is 3.53. The van der Waals surface area contributed by atoms with E-state index in [4.69, 9.17) is 0 Å². The maximum Gasteiger partial charge on any atom is 0.0540 e. The molecule has 2 aliphatic rings. The van der Waals surface area contributed by atoms with Crippen molar-refractivity contribution < 1.29 is 0 Å². The molecule has 282 valence electrons. The van der Waals surface area contributed by atoms with E-state index in [0.29, 0.717) is 5.92 Å². The number of benzene rings is 9. The zero-order chi connectivity index (χ0) is 39.7. The van der Waals surface area contributed by atoms with Crippen LogP contribution < -0.4 is 4.90 Å². The fourth-order valence-electron chi connectivity index (χ4n) is 10.1. The quantitative estimate of drug-likeness (QED) is 0.153. The molecule has 0 N–H and O–H groups in total. The van der Waals surface area contributed by atoms with Gasteiger partial charge in [0.15, 0.2) is 0 Å². The number of anilines is 3. The van der Waals surface area contributed by atoms with E-state index in [0.717, 1.165) is 23.5 Å². The minimum Gasteiger partial charge on any atom is -0.310 e. The van der Waals surface area contributed by atoms with E-state index < -0.39 is 0 Å². The summed E-state index contributed by atoms with van der Waals surface area (Å²) < 4.78 is 0. The van der Waals surface area contributed by atoms with Gasteiger partial charge in [-0.15, -0.1) is 0 Å². The Morgan fingerprint density at radius 2 is 1.05 bits per heavy atom. The van der Waals surface area contributed by atoms with Crippen LogP contribution in [0.4, 0.5) is 17.1 Å². The highest BCUT2D eigenvalue weighted by molar-refractivity contribution is 6.12. The monoisotopic (exact) mass is 755 g/mol. The van der Waals surface area contributed by atoms with Crippen LogP contribution in [-0.2, 0) is 5.41 Å². The molecule has 0 spiro atoms. The van der Waals surface area contributed by atoms with Crippen molar-refractivity contribution in [2.75, 3.05) is 4.90 Å². The molecule has 1 heteroatoms. The van der Waals surface area contributed by atoms with Gasteiger partial charge in [0.05, 0.1) is 5.69 Å². The summed E-state index contributed by atoms with van der Waals surface area (Å²) in [6.07, 6.45) is 7.87. The standard InChI is InChI=1S/C58H45N/c1-38-14-4-6-16-44(38)50-36-37-56(52-19-9-8-18-49(50)52)59(42-31-26-40(27-32-42)46-21-12-23-48-45-17-7-5-15-39(45)30-35-51(46)48)43-33-28-41(29-34-43)47-22-13-25-55-57(47)53-20-10-11-24-54(53)58(55,2)3/h4-13,15-38H,14H2,1-3H3. The second-order valence-electron chi connectivity index (χ2n) is 16.9. The van der Waals surface area contributed by atoms with Crippen molar-refractivity contribution in [3.05, 3.63) is 217 Å². The summed E-state index contributed by atoms with van der Waals surface area (Å²) in [6, 6.07) is 67.8. The van der Waals surface area contributed by atoms with Gasteiger partial charge < -0.3 is 4.90 Å². The molecule has 0 saturated heterocycles. The van der Waals surface area contributed by atoms with E-state index in [1.54, 1.807) is 0 Å². The highest BCUT2D eigenvalue weighted by Crippen LogP contribution is 2.52. The molecule has 1 nitrogen and oxygen atoms in total. The number of allylic oxidation sites excluding steroid dienone is 4. The molecule has 2 aliphatic carbocycles. The average molecular weight is 756 g/mol. The van der Waals surface area contributed by atoms with Crippen LogP contribution in [0.25, 0.3) is 71.3 Å². The Kier molecular flexibility index (Phi) is 8.27. The predicted octanol–water partition coefficient (Wildman–Crippen LogP) is 16.2. The van der Waals surface area contributed by atoms with Crippen molar-refractivity contribution in [1.82, 2.24) is 0 Å². The Bertz CT molecular complexity index is 3160. The third-order valence-electron chi connectivity index (χ3n) is 13.2. The molecule has 0 aromatic heterocycles. The van der Waals surface area contributed by atoms with Crippen molar-refractivity contribution in [1.29, 1.82) is 0 Å². The minimum absolute atomic E-state index is 0.0420. The molecule has 1 atom stereocenters. The summed E-state index contributed by atoms with van der Waals surface area (Å²) in [4.78, 5) is 2.45. The molecule has 0 saturated carbocycles. The lowest BCUT2D eigenvalue weighted by Crippen LogP contribution is -2.14. The number of rotatable bonds is 6. The molecule has 0 amide bonds. The van der Waals surface area contributed by atoms with Gasteiger partial charge in [-0.1, -0.05) is 191 Å². The maximum atomic E-state index is 2.45. The molecule has 9 aromatic rings. The normalized spacial score (nSPS) is 15.3. The zero-order valence-electron chi connectivity index (χ0n) is 33.8. The Morgan fingerprint density at radius 3 is 1.83 bits per heavy atom. The molecule has 0 radical (unpaired) electrons. The van der Waals surface area contributed by atoms with Crippen molar-refractivity contribution >= 4 is 55.0 Å². The number of fused-ring (bicyclic) bond motifs is 7. The highest BCUT2D eigenvalue weighted by Gasteiger charge is 2.36. The van der Waals surface area contributed by atoms with E-state index in [-0.39, 0.29) is 5.41 Å². The number of hydrogen-bond donors (Lipinski definition) is 0. The highest BCUT2D eigenvalue weighted by atomic mass is 15.1. The fourth-order valence-corrected chi connectivity index (χ4v) is 10.1. The van der Waals surface area contributed by atoms with Gasteiger partial charge in [-0.2, -0.15) is 0 Å². The summed E-state index contributed by atoms with van der Waals surface area (Å²) in [6.45, 7) is 7.05. The molecule has 11 rings (SSSR count). The molecule has 1 unspecified atom stereocenters. The predicted molar refractivity (Wildman–Crippen MR) is 253 cm³/mol. The Hall–Kier alpha value is -6.96. The summed E-state index contributed by atoms with van der Waals surface area (Å²) in [5.74, 6) is 0.467. The molecule has 0 heterocycles. The van der Waals surface area contributed by atoms with Crippen molar-refractivity contribution in [2.24, 2.45) is 5.92 Å². The number of nitrogens with zero attached hydrogens (tertiary/aromatic N) is 1. The van der Waals surface area contributed by atoms with Crippen LogP contribution in [-0.4, -0.2) is 0 Å². The second-order valence-corrected chi connectivity index (χ2v) is 16.9. The van der Waals surface area contributed by atoms with E-state index in [1.807, 2.05) is 0 Å².